The summed E-state index contributed by atoms with van der Waals surface area (Å²) >= 11 is 8.76. The highest BCUT2D eigenvalue weighted by molar-refractivity contribution is 9.10. The van der Waals surface area contributed by atoms with Gasteiger partial charge in [0.25, 0.3) is 10.0 Å². The Hall–Kier alpha value is -1.38. The Bertz CT molecular complexity index is 706. The first-order valence-corrected chi connectivity index (χ1v) is 7.61. The van der Waals surface area contributed by atoms with Gasteiger partial charge >= 0.3 is 0 Å². The molecule has 19 heavy (non-hydrogen) atoms. The van der Waals surface area contributed by atoms with Crippen LogP contribution in [0.3, 0.4) is 0 Å². The molecule has 2 aromatic rings. The largest absolute Gasteiger partial charge is 0.398 e. The lowest BCUT2D eigenvalue weighted by molar-refractivity contribution is 0.601. The van der Waals surface area contributed by atoms with Gasteiger partial charge < -0.3 is 5.73 Å². The third-order valence-electron chi connectivity index (χ3n) is 2.15. The van der Waals surface area contributed by atoms with E-state index >= 15 is 0 Å². The van der Waals surface area contributed by atoms with Crippen LogP contribution >= 0.6 is 27.5 Å². The molecule has 0 aliphatic carbocycles. The molecule has 2 rings (SSSR count). The van der Waals surface area contributed by atoms with Gasteiger partial charge in [0.15, 0.2) is 11.0 Å². The number of anilines is 2. The number of halogens is 2. The molecule has 100 valence electrons. The van der Waals surface area contributed by atoms with Crippen LogP contribution in [-0.2, 0) is 10.0 Å². The Morgan fingerprint density at radius 3 is 2.53 bits per heavy atom. The number of nitrogen functional groups attached to an aromatic ring is 1. The van der Waals surface area contributed by atoms with Gasteiger partial charge in [-0.05, 0) is 46.3 Å². The zero-order valence-corrected chi connectivity index (χ0v) is 12.5. The normalized spacial score (nSPS) is 11.3. The van der Waals surface area contributed by atoms with Crippen molar-refractivity contribution >= 4 is 49.1 Å². The summed E-state index contributed by atoms with van der Waals surface area (Å²) in [5.74, 6) is 0.0749. The molecule has 0 aliphatic heterocycles. The molecular formula is C10H8BrClN4O2S. The van der Waals surface area contributed by atoms with E-state index in [9.17, 15) is 8.42 Å². The van der Waals surface area contributed by atoms with E-state index in [1.165, 1.54) is 24.3 Å². The summed E-state index contributed by atoms with van der Waals surface area (Å²) in [6.07, 6.45) is 0. The van der Waals surface area contributed by atoms with Gasteiger partial charge in [-0.1, -0.05) is 11.6 Å². The van der Waals surface area contributed by atoms with Crippen LogP contribution < -0.4 is 10.5 Å². The first kappa shape index (κ1) is 14.0. The predicted octanol–water partition coefficient (Wildman–Crippen LogP) is 2.28. The molecule has 0 saturated carbocycles. The number of rotatable bonds is 3. The highest BCUT2D eigenvalue weighted by Crippen LogP contribution is 2.23. The molecule has 0 saturated heterocycles. The van der Waals surface area contributed by atoms with Crippen LogP contribution in [0.1, 0.15) is 0 Å². The molecule has 1 aromatic heterocycles. The maximum atomic E-state index is 12.1. The quantitative estimate of drug-likeness (QED) is 0.815. The van der Waals surface area contributed by atoms with Gasteiger partial charge in [-0.2, -0.15) is 0 Å². The molecular weight excluding hydrogens is 356 g/mol. The number of nitrogens with two attached hydrogens (primary N) is 1. The Balaban J connectivity index is 2.32. The van der Waals surface area contributed by atoms with Gasteiger partial charge in [0.2, 0.25) is 0 Å². The lowest BCUT2D eigenvalue weighted by Gasteiger charge is -2.08. The van der Waals surface area contributed by atoms with E-state index in [-0.39, 0.29) is 15.9 Å². The number of hydrogen-bond donors (Lipinski definition) is 2. The minimum atomic E-state index is -3.76. The molecule has 1 aromatic carbocycles. The molecule has 3 N–H and O–H groups in total. The van der Waals surface area contributed by atoms with Crippen molar-refractivity contribution in [1.82, 2.24) is 10.2 Å². The Morgan fingerprint density at radius 2 is 1.95 bits per heavy atom. The molecule has 0 atom stereocenters. The molecule has 0 bridgehead atoms. The van der Waals surface area contributed by atoms with Crippen LogP contribution in [-0.4, -0.2) is 18.6 Å². The number of sulfonamides is 1. The van der Waals surface area contributed by atoms with Crippen molar-refractivity contribution in [2.45, 2.75) is 4.90 Å². The number of benzene rings is 1. The summed E-state index contributed by atoms with van der Waals surface area (Å²) < 4.78 is 27.0. The van der Waals surface area contributed by atoms with E-state index in [2.05, 4.69) is 30.8 Å². The van der Waals surface area contributed by atoms with Gasteiger partial charge in [0.1, 0.15) is 0 Å². The lowest BCUT2D eigenvalue weighted by atomic mass is 10.3. The first-order chi connectivity index (χ1) is 8.88. The van der Waals surface area contributed by atoms with Crippen LogP contribution in [0.15, 0.2) is 39.7 Å². The van der Waals surface area contributed by atoms with Crippen molar-refractivity contribution in [3.63, 3.8) is 0 Å². The number of nitrogens with zero attached hydrogens (tertiary/aromatic N) is 2. The minimum Gasteiger partial charge on any atom is -0.398 e. The third kappa shape index (κ3) is 3.34. The fourth-order valence-corrected chi connectivity index (χ4v) is 2.63. The second-order valence-electron chi connectivity index (χ2n) is 3.53. The van der Waals surface area contributed by atoms with E-state index in [0.717, 1.165) is 0 Å². The maximum absolute atomic E-state index is 12.1. The molecule has 0 amide bonds. The lowest BCUT2D eigenvalue weighted by Crippen LogP contribution is -2.14. The molecule has 9 heteroatoms. The minimum absolute atomic E-state index is 0.0324. The SMILES string of the molecule is Nc1cc(S(=O)(=O)Nc2ccc(Cl)nn2)ccc1Br. The standard InChI is InChI=1S/C10H8BrClN4O2S/c11-7-2-1-6(5-8(7)13)19(17,18)16-10-4-3-9(12)14-15-10/h1-5H,13H2,(H,15,16). The summed E-state index contributed by atoms with van der Waals surface area (Å²) in [6, 6.07) is 7.16. The summed E-state index contributed by atoms with van der Waals surface area (Å²) in [5, 5.41) is 7.34. The second-order valence-corrected chi connectivity index (χ2v) is 6.45. The van der Waals surface area contributed by atoms with Gasteiger partial charge in [-0.25, -0.2) is 8.42 Å². The van der Waals surface area contributed by atoms with E-state index in [1.54, 1.807) is 6.07 Å². The monoisotopic (exact) mass is 362 g/mol. The smallest absolute Gasteiger partial charge is 0.263 e. The Labute approximate surface area is 123 Å². The molecule has 0 fully saturated rings. The molecule has 0 aliphatic rings. The number of nitrogens with one attached hydrogen (secondary N) is 1. The molecule has 0 unspecified atom stereocenters. The van der Waals surface area contributed by atoms with Crippen LogP contribution in [0.4, 0.5) is 11.5 Å². The van der Waals surface area contributed by atoms with Crippen LogP contribution in [0.25, 0.3) is 0 Å². The Morgan fingerprint density at radius 1 is 1.21 bits per heavy atom. The highest BCUT2D eigenvalue weighted by Gasteiger charge is 2.16. The van der Waals surface area contributed by atoms with E-state index in [0.29, 0.717) is 10.2 Å². The van der Waals surface area contributed by atoms with Crippen molar-refractivity contribution in [2.24, 2.45) is 0 Å². The van der Waals surface area contributed by atoms with Crippen molar-refractivity contribution in [2.75, 3.05) is 10.5 Å². The van der Waals surface area contributed by atoms with E-state index < -0.39 is 10.0 Å². The van der Waals surface area contributed by atoms with Crippen LogP contribution in [0.2, 0.25) is 5.15 Å². The Kier molecular flexibility index (Phi) is 3.93. The van der Waals surface area contributed by atoms with Crippen molar-refractivity contribution in [3.05, 3.63) is 40.0 Å². The number of aromatic nitrogens is 2. The summed E-state index contributed by atoms with van der Waals surface area (Å²) in [7, 11) is -3.76. The molecule has 6 nitrogen and oxygen atoms in total. The van der Waals surface area contributed by atoms with Crippen molar-refractivity contribution < 1.29 is 8.42 Å². The predicted molar refractivity (Wildman–Crippen MR) is 76.4 cm³/mol. The second kappa shape index (κ2) is 5.32. The van der Waals surface area contributed by atoms with Crippen molar-refractivity contribution in [3.8, 4) is 0 Å². The van der Waals surface area contributed by atoms with Gasteiger partial charge in [0, 0.05) is 10.2 Å². The molecule has 1 heterocycles. The first-order valence-electron chi connectivity index (χ1n) is 4.95. The molecule has 0 spiro atoms. The fourth-order valence-electron chi connectivity index (χ4n) is 1.26. The highest BCUT2D eigenvalue weighted by atomic mass is 79.9. The van der Waals surface area contributed by atoms with Crippen LogP contribution in [0, 0.1) is 0 Å². The zero-order valence-electron chi connectivity index (χ0n) is 9.34. The van der Waals surface area contributed by atoms with Crippen molar-refractivity contribution in [1.29, 1.82) is 0 Å². The topological polar surface area (TPSA) is 98.0 Å². The van der Waals surface area contributed by atoms with Crippen LogP contribution in [0.5, 0.6) is 0 Å². The maximum Gasteiger partial charge on any atom is 0.263 e. The summed E-state index contributed by atoms with van der Waals surface area (Å²) in [4.78, 5) is 0.0324. The average molecular weight is 364 g/mol. The van der Waals surface area contributed by atoms with Gasteiger partial charge in [-0.15, -0.1) is 10.2 Å². The summed E-state index contributed by atoms with van der Waals surface area (Å²) in [6.45, 7) is 0. The average Bonchev–Trinajstić information content (AvgIpc) is 2.35. The summed E-state index contributed by atoms with van der Waals surface area (Å²) in [5.41, 5.74) is 5.97. The molecule has 0 radical (unpaired) electrons. The van der Waals surface area contributed by atoms with Gasteiger partial charge in [0.05, 0.1) is 4.90 Å². The fraction of sp³-hybridized carbons (Fsp3) is 0. The van der Waals surface area contributed by atoms with E-state index in [4.69, 9.17) is 17.3 Å². The van der Waals surface area contributed by atoms with E-state index in [1.807, 2.05) is 0 Å². The zero-order chi connectivity index (χ0) is 14.0. The van der Waals surface area contributed by atoms with Gasteiger partial charge in [-0.3, -0.25) is 4.72 Å². The number of hydrogen-bond acceptors (Lipinski definition) is 5. The third-order valence-corrected chi connectivity index (χ3v) is 4.42.